The van der Waals surface area contributed by atoms with Crippen LogP contribution in [0.25, 0.3) is 44.3 Å². The van der Waals surface area contributed by atoms with Gasteiger partial charge in [-0.3, -0.25) is 28.8 Å². The number of benzene rings is 4. The Morgan fingerprint density at radius 3 is 1.11 bits per heavy atom. The minimum Gasteiger partial charge on any atom is -0.497 e. The van der Waals surface area contributed by atoms with Gasteiger partial charge in [-0.25, -0.2) is 29.1 Å². The SMILES string of the molecule is CCC[C@H](NC(=O)[C@@H]1C[C@@H](Oc2cc(-c3ccccc3)nc3cc(OC)ccc23)C=C1C(=O)N[C@H](C(=O)N[C@H](C(=O)OC)C1CCCCC1)C(C)C)C(=O)OC(C)(C)C.CCC[C@H](NC(=O)[C@H]1C[C@H](Oc2cc(-c3ccccc3)nc3cc(OC)ccc23)C=C1C(=O)N[C@H](C(=O)N[C@H](C(=O)OC)C1CCCCC1)C(C)C)C(=O)OC(C)(C)C. The third-order valence-electron chi connectivity index (χ3n) is 21.6. The van der Waals surface area contributed by atoms with E-state index in [2.05, 4.69) is 31.9 Å². The largest absolute Gasteiger partial charge is 0.497 e. The van der Waals surface area contributed by atoms with Gasteiger partial charge in [0, 0.05) is 70.2 Å². The van der Waals surface area contributed by atoms with Gasteiger partial charge in [-0.15, -0.1) is 0 Å². The number of rotatable bonds is 32. The van der Waals surface area contributed by atoms with Crippen LogP contribution in [-0.2, 0) is 66.9 Å². The Hall–Kier alpha value is -10.9. The van der Waals surface area contributed by atoms with E-state index in [1.54, 1.807) is 108 Å². The minimum absolute atomic E-state index is 0.0625. The Morgan fingerprint density at radius 1 is 0.441 bits per heavy atom. The Kier molecular flexibility index (Phi) is 32.4. The maximum Gasteiger partial charge on any atom is 0.329 e. The summed E-state index contributed by atoms with van der Waals surface area (Å²) in [5.41, 5.74) is 2.89. The van der Waals surface area contributed by atoms with Crippen molar-refractivity contribution in [2.24, 2.45) is 35.5 Å². The Labute approximate surface area is 692 Å². The normalized spacial score (nSPS) is 18.6. The third kappa shape index (κ3) is 24.6. The molecule has 26 nitrogen and oxygen atoms in total. The molecule has 0 unspecified atom stereocenters. The van der Waals surface area contributed by atoms with Crippen LogP contribution in [-0.4, -0.2) is 157 Å². The summed E-state index contributed by atoms with van der Waals surface area (Å²) in [5, 5.41) is 18.6. The van der Waals surface area contributed by atoms with Crippen LogP contribution >= 0.6 is 0 Å². The van der Waals surface area contributed by atoms with Crippen molar-refractivity contribution in [3.63, 3.8) is 0 Å². The zero-order valence-electron chi connectivity index (χ0n) is 71.2. The molecule has 2 fully saturated rings. The molecule has 0 spiro atoms. The van der Waals surface area contributed by atoms with Crippen LogP contribution in [0.1, 0.15) is 186 Å². The lowest BCUT2D eigenvalue weighted by molar-refractivity contribution is -0.159. The van der Waals surface area contributed by atoms with Gasteiger partial charge in [0.25, 0.3) is 0 Å². The first kappa shape index (κ1) is 91.0. The topological polar surface area (TPSA) is 342 Å². The lowest BCUT2D eigenvalue weighted by Gasteiger charge is -2.31. The van der Waals surface area contributed by atoms with Crippen molar-refractivity contribution < 1.29 is 85.8 Å². The highest BCUT2D eigenvalue weighted by Crippen LogP contribution is 2.40. The molecule has 636 valence electrons. The maximum absolute atomic E-state index is 14.4. The summed E-state index contributed by atoms with van der Waals surface area (Å²) in [4.78, 5) is 147. The van der Waals surface area contributed by atoms with E-state index in [1.165, 1.54) is 14.2 Å². The van der Waals surface area contributed by atoms with Gasteiger partial charge in [-0.05, 0) is 140 Å². The number of hydrogen-bond donors (Lipinski definition) is 6. The predicted molar refractivity (Wildman–Crippen MR) is 449 cm³/mol. The Balaban J connectivity index is 0.000000269. The van der Waals surface area contributed by atoms with Gasteiger partial charge in [0.1, 0.15) is 82.7 Å². The van der Waals surface area contributed by atoms with Gasteiger partial charge in [-0.2, -0.15) is 0 Å². The van der Waals surface area contributed by atoms with Crippen LogP contribution in [0, 0.1) is 35.5 Å². The van der Waals surface area contributed by atoms with Crippen molar-refractivity contribution in [2.45, 2.75) is 245 Å². The van der Waals surface area contributed by atoms with E-state index in [4.69, 9.17) is 47.9 Å². The monoisotopic (exact) mass is 1620 g/mol. The minimum atomic E-state index is -1.05. The summed E-state index contributed by atoms with van der Waals surface area (Å²) >= 11 is 0. The van der Waals surface area contributed by atoms with Crippen molar-refractivity contribution >= 4 is 81.1 Å². The molecule has 0 radical (unpaired) electrons. The highest BCUT2D eigenvalue weighted by molar-refractivity contribution is 6.05. The lowest BCUT2D eigenvalue weighted by Crippen LogP contribution is -2.56. The van der Waals surface area contributed by atoms with Gasteiger partial charge in [0.2, 0.25) is 35.4 Å². The molecule has 26 heteroatoms. The number of nitrogens with zero attached hydrogens (tertiary/aromatic N) is 2. The number of aromatic nitrogens is 2. The average molecular weight is 1630 g/mol. The van der Waals surface area contributed by atoms with Crippen LogP contribution in [0.3, 0.4) is 0 Å². The molecule has 0 aliphatic heterocycles. The first-order chi connectivity index (χ1) is 56.2. The summed E-state index contributed by atoms with van der Waals surface area (Å²) in [6.45, 7) is 21.5. The van der Waals surface area contributed by atoms with Crippen LogP contribution in [0.15, 0.2) is 132 Å². The molecule has 118 heavy (non-hydrogen) atoms. The average Bonchev–Trinajstić information content (AvgIpc) is 1.48. The number of hydrogen-bond acceptors (Lipinski definition) is 20. The molecular formula is C92H120N8O18. The predicted octanol–water partition coefficient (Wildman–Crippen LogP) is 13.2. The van der Waals surface area contributed by atoms with Crippen LogP contribution in [0.5, 0.6) is 23.0 Å². The molecule has 6 N–H and O–H groups in total. The van der Waals surface area contributed by atoms with Crippen molar-refractivity contribution in [2.75, 3.05) is 28.4 Å². The van der Waals surface area contributed by atoms with Crippen molar-refractivity contribution in [1.29, 1.82) is 0 Å². The number of carbonyl (C=O) groups is 10. The molecule has 0 bridgehead atoms. The molecule has 10 rings (SSSR count). The summed E-state index contributed by atoms with van der Waals surface area (Å²) in [6.07, 6.45) is 12.7. The molecule has 2 heterocycles. The van der Waals surface area contributed by atoms with Gasteiger partial charge < -0.3 is 69.8 Å². The smallest absolute Gasteiger partial charge is 0.329 e. The summed E-state index contributed by atoms with van der Waals surface area (Å²) in [6, 6.07) is 28.1. The standard InChI is InChI=1S/2C46H60N4O9/c2*1-9-16-35(44(54)59-46(4,5)6)48-41(51)33-23-31(58-38-26-36(28-17-12-10-13-18-28)47-37-25-30(56-7)21-22-32(37)38)24-34(33)42(52)49-39(27(2)3)43(53)50-40(45(55)57-8)29-19-14-11-15-20-29/h2*10,12-13,17-18,21-22,24-27,29,31,33,35,39-40H,9,11,14-16,19-20,23H2,1-8H3,(H,48,51)(H,49,52)(H,50,53)/t31-,33-,35+,39+,40+;31-,33-,35-,39-,40-/m10/s1. The van der Waals surface area contributed by atoms with Crippen molar-refractivity contribution in [3.05, 3.63) is 132 Å². The second-order valence-corrected chi connectivity index (χ2v) is 33.6. The quantitative estimate of drug-likeness (QED) is 0.0169. The number of fused-ring (bicyclic) bond motifs is 2. The zero-order valence-corrected chi connectivity index (χ0v) is 71.2. The van der Waals surface area contributed by atoms with Crippen LogP contribution < -0.4 is 50.8 Å². The molecule has 4 aromatic carbocycles. The number of nitrogens with one attached hydrogen (secondary N) is 6. The molecule has 2 aromatic heterocycles. The maximum atomic E-state index is 14.4. The lowest BCUT2D eigenvalue weighted by atomic mass is 9.83. The van der Waals surface area contributed by atoms with Gasteiger partial charge >= 0.3 is 23.9 Å². The van der Waals surface area contributed by atoms with Crippen molar-refractivity contribution in [3.8, 4) is 45.5 Å². The second kappa shape index (κ2) is 42.0. The highest BCUT2D eigenvalue weighted by Gasteiger charge is 2.44. The summed E-state index contributed by atoms with van der Waals surface area (Å²) < 4.78 is 45.7. The summed E-state index contributed by atoms with van der Waals surface area (Å²) in [7, 11) is 5.75. The number of carbonyl (C=O) groups excluding carboxylic acids is 10. The molecule has 2 saturated carbocycles. The number of pyridine rings is 2. The fourth-order valence-electron chi connectivity index (χ4n) is 15.6. The number of ether oxygens (including phenoxy) is 8. The number of methoxy groups -OCH3 is 4. The highest BCUT2D eigenvalue weighted by atomic mass is 16.6. The molecular weight excluding hydrogens is 1510 g/mol. The van der Waals surface area contributed by atoms with E-state index >= 15 is 0 Å². The van der Waals surface area contributed by atoms with E-state index in [9.17, 15) is 47.9 Å². The zero-order chi connectivity index (χ0) is 85.7. The number of esters is 4. The molecule has 4 aliphatic carbocycles. The Morgan fingerprint density at radius 2 is 0.797 bits per heavy atom. The van der Waals surface area contributed by atoms with E-state index in [0.717, 1.165) is 75.3 Å². The van der Waals surface area contributed by atoms with Crippen LogP contribution in [0.2, 0.25) is 0 Å². The molecule has 0 saturated heterocycles. The Bertz CT molecular complexity index is 4290. The van der Waals surface area contributed by atoms with Gasteiger partial charge in [-0.1, -0.05) is 154 Å². The molecule has 6 amide bonds. The first-order valence-corrected chi connectivity index (χ1v) is 41.5. The van der Waals surface area contributed by atoms with Gasteiger partial charge in [0.15, 0.2) is 0 Å². The third-order valence-corrected chi connectivity index (χ3v) is 21.6. The molecule has 10 atom stereocenters. The fourth-order valence-corrected chi connectivity index (χ4v) is 15.6. The van der Waals surface area contributed by atoms with E-state index in [0.29, 0.717) is 81.9 Å². The second-order valence-electron chi connectivity index (χ2n) is 33.6. The number of amides is 6. The first-order valence-electron chi connectivity index (χ1n) is 41.5. The fraction of sp³-hybridized carbons (Fsp3) is 0.522. The molecule has 6 aromatic rings. The van der Waals surface area contributed by atoms with E-state index in [1.807, 2.05) is 111 Å². The van der Waals surface area contributed by atoms with Crippen molar-refractivity contribution in [1.82, 2.24) is 41.9 Å². The van der Waals surface area contributed by atoms with E-state index in [-0.39, 0.29) is 47.7 Å². The van der Waals surface area contributed by atoms with Gasteiger partial charge in [0.05, 0.1) is 62.7 Å². The summed E-state index contributed by atoms with van der Waals surface area (Å²) in [5.74, 6) is -6.50. The van der Waals surface area contributed by atoms with E-state index < -0.39 is 131 Å². The van der Waals surface area contributed by atoms with Crippen LogP contribution in [0.4, 0.5) is 0 Å². The molecule has 4 aliphatic rings.